The van der Waals surface area contributed by atoms with Crippen molar-refractivity contribution in [1.82, 2.24) is 9.47 Å². The number of hydrogen-bond acceptors (Lipinski definition) is 5. The molecule has 6 rings (SSSR count). The number of pyridine rings is 1. The Hall–Kier alpha value is -3.53. The predicted octanol–water partition coefficient (Wildman–Crippen LogP) is 4.90. The van der Waals surface area contributed by atoms with E-state index in [-0.39, 0.29) is 11.7 Å². The molecule has 1 saturated heterocycles. The summed E-state index contributed by atoms with van der Waals surface area (Å²) in [7, 11) is 3.31. The van der Waals surface area contributed by atoms with E-state index in [0.717, 1.165) is 60.6 Å². The zero-order valence-corrected chi connectivity index (χ0v) is 22.2. The van der Waals surface area contributed by atoms with Crippen LogP contribution >= 0.6 is 0 Å². The number of hydrogen-bond donors (Lipinski definition) is 0. The molecule has 3 aliphatic rings. The van der Waals surface area contributed by atoms with E-state index < -0.39 is 0 Å². The summed E-state index contributed by atoms with van der Waals surface area (Å²) in [4.78, 5) is 16.5. The highest BCUT2D eigenvalue weighted by Gasteiger charge is 2.26. The third-order valence-corrected chi connectivity index (χ3v) is 8.01. The van der Waals surface area contributed by atoms with Gasteiger partial charge in [0.05, 0.1) is 37.6 Å². The standard InChI is InChI=1S/C32H34N2O4/c1-36-25-11-14-27-22(20-25)6-13-29-28-15-12-26(37-2)21-30(28)32(35)34(31(27)29)23-7-9-24(10-8-23)38-19-18-33-16-4-3-5-17-33/h7,11-12,14-15,20-21,24H,3-6,9,13,16-19H2,1-2H3. The van der Waals surface area contributed by atoms with Crippen LogP contribution in [0.5, 0.6) is 11.5 Å². The summed E-state index contributed by atoms with van der Waals surface area (Å²) >= 11 is 0. The third-order valence-electron chi connectivity index (χ3n) is 8.01. The quantitative estimate of drug-likeness (QED) is 0.423. The lowest BCUT2D eigenvalue weighted by atomic mass is 9.85. The zero-order chi connectivity index (χ0) is 26.1. The number of rotatable bonds is 7. The molecule has 0 bridgehead atoms. The molecule has 1 unspecified atom stereocenters. The van der Waals surface area contributed by atoms with Crippen LogP contribution in [0.15, 0.2) is 47.3 Å². The van der Waals surface area contributed by atoms with Gasteiger partial charge in [0, 0.05) is 18.5 Å². The smallest absolute Gasteiger partial charge is 0.264 e. The normalized spacial score (nSPS) is 18.7. The largest absolute Gasteiger partial charge is 0.497 e. The second-order valence-electron chi connectivity index (χ2n) is 10.3. The molecule has 196 valence electrons. The molecule has 2 aliphatic carbocycles. The molecule has 0 spiro atoms. The van der Waals surface area contributed by atoms with Gasteiger partial charge in [0.2, 0.25) is 0 Å². The van der Waals surface area contributed by atoms with Crippen molar-refractivity contribution in [3.8, 4) is 34.6 Å². The van der Waals surface area contributed by atoms with Crippen LogP contribution in [0.1, 0.15) is 36.8 Å². The fourth-order valence-corrected chi connectivity index (χ4v) is 5.98. The third kappa shape index (κ3) is 4.62. The van der Waals surface area contributed by atoms with Crippen molar-refractivity contribution in [2.24, 2.45) is 0 Å². The average molecular weight is 511 g/mol. The maximum atomic E-state index is 14.1. The summed E-state index contributed by atoms with van der Waals surface area (Å²) in [5.41, 5.74) is 4.98. The zero-order valence-electron chi connectivity index (χ0n) is 22.2. The summed E-state index contributed by atoms with van der Waals surface area (Å²) < 4.78 is 18.9. The van der Waals surface area contributed by atoms with E-state index in [1.165, 1.54) is 30.4 Å². The summed E-state index contributed by atoms with van der Waals surface area (Å²) in [5, 5.41) is 1.63. The minimum Gasteiger partial charge on any atom is -0.497 e. The minimum absolute atomic E-state index is 0.0775. The van der Waals surface area contributed by atoms with Crippen LogP contribution in [0, 0.1) is 11.8 Å². The molecule has 3 aromatic rings. The van der Waals surface area contributed by atoms with Crippen molar-refractivity contribution >= 4 is 16.5 Å². The highest BCUT2D eigenvalue weighted by Crippen LogP contribution is 2.39. The molecule has 0 amide bonds. The topological polar surface area (TPSA) is 52.9 Å². The Bertz CT molecular complexity index is 1520. The van der Waals surface area contributed by atoms with E-state index >= 15 is 0 Å². The number of likely N-dealkylation sites (tertiary alicyclic amines) is 1. The first-order chi connectivity index (χ1) is 18.7. The molecular weight excluding hydrogens is 476 g/mol. The molecule has 6 nitrogen and oxygen atoms in total. The van der Waals surface area contributed by atoms with Gasteiger partial charge in [-0.25, -0.2) is 0 Å². The van der Waals surface area contributed by atoms with Gasteiger partial charge in [-0.05, 0) is 97.6 Å². The minimum atomic E-state index is -0.146. The first-order valence-corrected chi connectivity index (χ1v) is 13.6. The van der Waals surface area contributed by atoms with E-state index in [1.807, 2.05) is 28.8 Å². The number of aromatic nitrogens is 1. The van der Waals surface area contributed by atoms with Crippen LogP contribution in [-0.4, -0.2) is 56.0 Å². The second kappa shape index (κ2) is 10.7. The number of benzene rings is 2. The van der Waals surface area contributed by atoms with Gasteiger partial charge in [-0.15, -0.1) is 0 Å². The van der Waals surface area contributed by atoms with E-state index in [4.69, 9.17) is 14.2 Å². The number of fused-ring (bicyclic) bond motifs is 5. The van der Waals surface area contributed by atoms with Gasteiger partial charge in [0.1, 0.15) is 17.6 Å². The molecule has 6 heteroatoms. The highest BCUT2D eigenvalue weighted by atomic mass is 16.5. The molecule has 2 aromatic carbocycles. The van der Waals surface area contributed by atoms with Crippen molar-refractivity contribution in [2.45, 2.75) is 44.6 Å². The van der Waals surface area contributed by atoms with E-state index in [1.54, 1.807) is 14.2 Å². The monoisotopic (exact) mass is 510 g/mol. The summed E-state index contributed by atoms with van der Waals surface area (Å²) in [6.07, 6.45) is 8.19. The van der Waals surface area contributed by atoms with Crippen molar-refractivity contribution < 1.29 is 14.2 Å². The summed E-state index contributed by atoms with van der Waals surface area (Å²) in [6, 6.07) is 11.9. The van der Waals surface area contributed by atoms with E-state index in [0.29, 0.717) is 24.2 Å². The van der Waals surface area contributed by atoms with Gasteiger partial charge >= 0.3 is 0 Å². The Morgan fingerprint density at radius 1 is 0.947 bits per heavy atom. The van der Waals surface area contributed by atoms with Gasteiger partial charge in [0.25, 0.3) is 5.56 Å². The van der Waals surface area contributed by atoms with Crippen LogP contribution in [0.25, 0.3) is 27.7 Å². The molecule has 1 fully saturated rings. The molecule has 1 aromatic heterocycles. The van der Waals surface area contributed by atoms with Crippen LogP contribution in [0.4, 0.5) is 0 Å². The van der Waals surface area contributed by atoms with E-state index in [2.05, 4.69) is 34.9 Å². The number of nitrogens with zero attached hydrogens (tertiary/aromatic N) is 2. The Kier molecular flexibility index (Phi) is 6.97. The predicted molar refractivity (Wildman–Crippen MR) is 151 cm³/mol. The lowest BCUT2D eigenvalue weighted by molar-refractivity contribution is 0.0662. The Morgan fingerprint density at radius 3 is 2.50 bits per heavy atom. The summed E-state index contributed by atoms with van der Waals surface area (Å²) in [5.74, 6) is 8.08. The molecule has 0 radical (unpaired) electrons. The average Bonchev–Trinajstić information content (AvgIpc) is 2.97. The van der Waals surface area contributed by atoms with Gasteiger partial charge in [-0.2, -0.15) is 0 Å². The van der Waals surface area contributed by atoms with Gasteiger partial charge in [-0.3, -0.25) is 9.36 Å². The SMILES string of the molecule is COc1ccc2c(c1)CCc1c-2n(C2=CCC(OCCN3CCCCC3)C#C2)c(=O)c2cc(OC)ccc12. The second-order valence-corrected chi connectivity index (χ2v) is 10.3. The Morgan fingerprint density at radius 2 is 1.74 bits per heavy atom. The number of ether oxygens (including phenoxy) is 3. The van der Waals surface area contributed by atoms with Crippen LogP contribution in [-0.2, 0) is 17.6 Å². The molecule has 0 saturated carbocycles. The van der Waals surface area contributed by atoms with Crippen LogP contribution in [0.2, 0.25) is 0 Å². The number of aryl methyl sites for hydroxylation is 2. The molecular formula is C32H34N2O4. The number of methoxy groups -OCH3 is 2. The number of piperidine rings is 1. The van der Waals surface area contributed by atoms with Gasteiger partial charge in [0.15, 0.2) is 0 Å². The van der Waals surface area contributed by atoms with Crippen LogP contribution < -0.4 is 15.0 Å². The van der Waals surface area contributed by atoms with Crippen molar-refractivity contribution in [3.05, 3.63) is 64.0 Å². The Balaban J connectivity index is 1.37. The van der Waals surface area contributed by atoms with Crippen molar-refractivity contribution in [1.29, 1.82) is 0 Å². The molecule has 2 heterocycles. The first-order valence-electron chi connectivity index (χ1n) is 13.6. The first kappa shape index (κ1) is 24.8. The Labute approximate surface area is 223 Å². The van der Waals surface area contributed by atoms with Gasteiger partial charge < -0.3 is 19.1 Å². The highest BCUT2D eigenvalue weighted by molar-refractivity contribution is 5.94. The summed E-state index contributed by atoms with van der Waals surface area (Å²) in [6.45, 7) is 3.97. The molecule has 1 atom stereocenters. The molecule has 1 aliphatic heterocycles. The maximum Gasteiger partial charge on any atom is 0.264 e. The molecule has 38 heavy (non-hydrogen) atoms. The maximum absolute atomic E-state index is 14.1. The number of allylic oxidation sites excluding steroid dienone is 1. The fourth-order valence-electron chi connectivity index (χ4n) is 5.98. The van der Waals surface area contributed by atoms with Gasteiger partial charge in [-0.1, -0.05) is 18.4 Å². The van der Waals surface area contributed by atoms with Crippen LogP contribution in [0.3, 0.4) is 0 Å². The lowest BCUT2D eigenvalue weighted by Crippen LogP contribution is -2.33. The van der Waals surface area contributed by atoms with E-state index in [9.17, 15) is 4.79 Å². The van der Waals surface area contributed by atoms with Crippen molar-refractivity contribution in [3.63, 3.8) is 0 Å². The molecule has 0 N–H and O–H groups in total. The van der Waals surface area contributed by atoms with Crippen molar-refractivity contribution in [2.75, 3.05) is 40.5 Å². The lowest BCUT2D eigenvalue weighted by Gasteiger charge is -2.27. The fraction of sp³-hybridized carbons (Fsp3) is 0.406.